The number of aromatic nitrogens is 3. The summed E-state index contributed by atoms with van der Waals surface area (Å²) in [5, 5.41) is 4.89. The lowest BCUT2D eigenvalue weighted by Crippen LogP contribution is -2.23. The number of hydrogen-bond acceptors (Lipinski definition) is 5. The van der Waals surface area contributed by atoms with Crippen LogP contribution in [0, 0.1) is 6.92 Å². The van der Waals surface area contributed by atoms with E-state index in [9.17, 15) is 4.79 Å². The van der Waals surface area contributed by atoms with Crippen LogP contribution in [0.1, 0.15) is 11.5 Å². The Bertz CT molecular complexity index is 1130. The molecule has 0 fully saturated rings. The number of aryl methyl sites for hydroxylation is 1. The Labute approximate surface area is 139 Å². The van der Waals surface area contributed by atoms with Gasteiger partial charge < -0.3 is 4.42 Å². The summed E-state index contributed by atoms with van der Waals surface area (Å²) in [6.07, 6.45) is 1.70. The summed E-state index contributed by atoms with van der Waals surface area (Å²) < 4.78 is 7.31. The number of fused-ring (bicyclic) bond motifs is 1. The molecule has 0 saturated heterocycles. The fraction of sp³-hybridized carbons (Fsp3) is 0.0625. The Hall–Kier alpha value is -2.44. The zero-order valence-corrected chi connectivity index (χ0v) is 13.6. The van der Waals surface area contributed by atoms with Gasteiger partial charge in [0.2, 0.25) is 4.96 Å². The van der Waals surface area contributed by atoms with E-state index in [1.54, 1.807) is 18.2 Å². The summed E-state index contributed by atoms with van der Waals surface area (Å²) in [5.74, 6) is 1.92. The highest BCUT2D eigenvalue weighted by atomic mass is 35.5. The molecule has 0 aliphatic heterocycles. The molecule has 0 aliphatic rings. The van der Waals surface area contributed by atoms with Crippen molar-refractivity contribution in [2.24, 2.45) is 0 Å². The predicted molar refractivity (Wildman–Crippen MR) is 89.8 cm³/mol. The second kappa shape index (κ2) is 5.33. The fourth-order valence-corrected chi connectivity index (χ4v) is 3.32. The number of halogens is 1. The molecule has 3 aromatic heterocycles. The molecular weight excluding hydrogens is 334 g/mol. The van der Waals surface area contributed by atoms with Crippen molar-refractivity contribution >= 4 is 34.0 Å². The summed E-state index contributed by atoms with van der Waals surface area (Å²) in [6, 6.07) is 10.9. The molecule has 0 radical (unpaired) electrons. The van der Waals surface area contributed by atoms with E-state index >= 15 is 0 Å². The van der Waals surface area contributed by atoms with Gasteiger partial charge in [-0.25, -0.2) is 0 Å². The largest absolute Gasteiger partial charge is 0.462 e. The number of rotatable bonds is 2. The minimum atomic E-state index is -0.208. The molecule has 0 spiro atoms. The van der Waals surface area contributed by atoms with Gasteiger partial charge in [-0.1, -0.05) is 35.1 Å². The van der Waals surface area contributed by atoms with Crippen LogP contribution in [0.3, 0.4) is 0 Å². The Morgan fingerprint density at radius 1 is 1.30 bits per heavy atom. The maximum atomic E-state index is 12.4. The summed E-state index contributed by atoms with van der Waals surface area (Å²) in [6.45, 7) is 1.86. The van der Waals surface area contributed by atoms with Crippen LogP contribution in [0.15, 0.2) is 45.6 Å². The molecule has 4 aromatic rings. The molecule has 0 unspecified atom stereocenters. The van der Waals surface area contributed by atoms with Gasteiger partial charge in [0.1, 0.15) is 16.1 Å². The van der Waals surface area contributed by atoms with E-state index in [0.717, 1.165) is 11.3 Å². The van der Waals surface area contributed by atoms with Crippen LogP contribution in [0.5, 0.6) is 0 Å². The van der Waals surface area contributed by atoms with E-state index in [1.165, 1.54) is 15.9 Å². The van der Waals surface area contributed by atoms with E-state index < -0.39 is 0 Å². The zero-order valence-electron chi connectivity index (χ0n) is 12.0. The van der Waals surface area contributed by atoms with Crippen LogP contribution in [0.2, 0.25) is 5.02 Å². The molecule has 0 atom stereocenters. The Morgan fingerprint density at radius 3 is 2.87 bits per heavy atom. The highest BCUT2D eigenvalue weighted by molar-refractivity contribution is 7.15. The van der Waals surface area contributed by atoms with Gasteiger partial charge in [-0.2, -0.15) is 9.50 Å². The van der Waals surface area contributed by atoms with E-state index in [2.05, 4.69) is 10.1 Å². The molecule has 3 heterocycles. The van der Waals surface area contributed by atoms with Gasteiger partial charge in [-0.3, -0.25) is 4.79 Å². The second-order valence-corrected chi connectivity index (χ2v) is 6.45. The van der Waals surface area contributed by atoms with Crippen molar-refractivity contribution in [3.63, 3.8) is 0 Å². The van der Waals surface area contributed by atoms with Gasteiger partial charge in [-0.05, 0) is 31.2 Å². The third-order valence-corrected chi connectivity index (χ3v) is 4.49. The smallest absolute Gasteiger partial charge is 0.291 e. The molecule has 4 rings (SSSR count). The van der Waals surface area contributed by atoms with Crippen molar-refractivity contribution < 1.29 is 4.42 Å². The van der Waals surface area contributed by atoms with Gasteiger partial charge in [0.25, 0.3) is 5.56 Å². The topological polar surface area (TPSA) is 60.4 Å². The maximum Gasteiger partial charge on any atom is 0.291 e. The minimum absolute atomic E-state index is 0.208. The lowest BCUT2D eigenvalue weighted by atomic mass is 10.2. The minimum Gasteiger partial charge on any atom is -0.462 e. The third-order valence-electron chi connectivity index (χ3n) is 3.30. The van der Waals surface area contributed by atoms with Crippen LogP contribution in [-0.2, 0) is 0 Å². The van der Waals surface area contributed by atoms with Gasteiger partial charge in [-0.15, -0.1) is 5.10 Å². The van der Waals surface area contributed by atoms with E-state index in [-0.39, 0.29) is 5.56 Å². The molecule has 7 heteroatoms. The quantitative estimate of drug-likeness (QED) is 0.561. The molecule has 5 nitrogen and oxygen atoms in total. The van der Waals surface area contributed by atoms with Crippen LogP contribution in [0.4, 0.5) is 0 Å². The summed E-state index contributed by atoms with van der Waals surface area (Å²) in [5.41, 5.74) is 0.569. The molecule has 1 aromatic carbocycles. The van der Waals surface area contributed by atoms with Crippen molar-refractivity contribution in [2.45, 2.75) is 6.92 Å². The first-order valence-electron chi connectivity index (χ1n) is 6.84. The average molecular weight is 344 g/mol. The number of thiazole rings is 1. The van der Waals surface area contributed by atoms with Crippen molar-refractivity contribution in [3.05, 3.63) is 67.8 Å². The first kappa shape index (κ1) is 14.2. The molecule has 114 valence electrons. The van der Waals surface area contributed by atoms with E-state index in [4.69, 9.17) is 16.0 Å². The fourth-order valence-electron chi connectivity index (χ4n) is 2.24. The van der Waals surface area contributed by atoms with Crippen molar-refractivity contribution in [3.8, 4) is 11.4 Å². The van der Waals surface area contributed by atoms with Crippen molar-refractivity contribution in [2.75, 3.05) is 0 Å². The molecule has 0 saturated carbocycles. The number of nitrogens with zero attached hydrogens (tertiary/aromatic N) is 3. The van der Waals surface area contributed by atoms with Gasteiger partial charge in [0, 0.05) is 16.7 Å². The Balaban J connectivity index is 1.84. The lowest BCUT2D eigenvalue weighted by molar-refractivity contribution is 0.525. The second-order valence-electron chi connectivity index (χ2n) is 5.00. The normalized spacial score (nSPS) is 12.3. The molecule has 0 bridgehead atoms. The first-order valence-corrected chi connectivity index (χ1v) is 8.03. The van der Waals surface area contributed by atoms with Crippen LogP contribution in [-0.4, -0.2) is 14.6 Å². The average Bonchev–Trinajstić information content (AvgIpc) is 3.18. The van der Waals surface area contributed by atoms with Gasteiger partial charge >= 0.3 is 0 Å². The molecular formula is C16H10ClN3O2S. The Kier molecular flexibility index (Phi) is 3.28. The van der Waals surface area contributed by atoms with Gasteiger partial charge in [0.15, 0.2) is 5.82 Å². The zero-order chi connectivity index (χ0) is 16.0. The molecule has 0 aliphatic carbocycles. The molecule has 23 heavy (non-hydrogen) atoms. The lowest BCUT2D eigenvalue weighted by Gasteiger charge is -1.94. The summed E-state index contributed by atoms with van der Waals surface area (Å²) in [7, 11) is 0. The van der Waals surface area contributed by atoms with Crippen LogP contribution < -0.4 is 10.1 Å². The van der Waals surface area contributed by atoms with Crippen LogP contribution >= 0.6 is 22.9 Å². The molecule has 0 N–H and O–H groups in total. The Morgan fingerprint density at radius 2 is 2.17 bits per heavy atom. The maximum absolute atomic E-state index is 12.4. The standard InChI is InChI=1S/C16H10ClN3O2S/c1-9-5-6-12(22-9)8-13-15(21)20-16(23-13)18-14(19-20)10-3-2-4-11(17)7-10/h2-8H,1H3. The van der Waals surface area contributed by atoms with E-state index in [1.807, 2.05) is 31.2 Å². The third kappa shape index (κ3) is 2.56. The van der Waals surface area contributed by atoms with E-state index in [0.29, 0.717) is 26.1 Å². The first-order chi connectivity index (χ1) is 11.1. The van der Waals surface area contributed by atoms with Crippen LogP contribution in [0.25, 0.3) is 22.4 Å². The monoisotopic (exact) mass is 343 g/mol. The van der Waals surface area contributed by atoms with Crippen molar-refractivity contribution in [1.82, 2.24) is 14.6 Å². The highest BCUT2D eigenvalue weighted by Crippen LogP contribution is 2.20. The SMILES string of the molecule is Cc1ccc(C=c2sc3nc(-c4cccc(Cl)c4)nn3c2=O)o1. The summed E-state index contributed by atoms with van der Waals surface area (Å²) >= 11 is 7.26. The van der Waals surface area contributed by atoms with Crippen molar-refractivity contribution in [1.29, 1.82) is 0 Å². The number of hydrogen-bond donors (Lipinski definition) is 0. The number of furan rings is 1. The van der Waals surface area contributed by atoms with Gasteiger partial charge in [0.05, 0.1) is 0 Å². The predicted octanol–water partition coefficient (Wildman–Crippen LogP) is 2.92. The number of benzene rings is 1. The highest BCUT2D eigenvalue weighted by Gasteiger charge is 2.12. The molecule has 0 amide bonds. The summed E-state index contributed by atoms with van der Waals surface area (Å²) in [4.78, 5) is 17.4.